The van der Waals surface area contributed by atoms with E-state index in [4.69, 9.17) is 9.47 Å². The number of likely N-dealkylation sites (tertiary alicyclic amines) is 1. The lowest BCUT2D eigenvalue weighted by molar-refractivity contribution is -0.136. The van der Waals surface area contributed by atoms with Gasteiger partial charge >= 0.3 is 0 Å². The van der Waals surface area contributed by atoms with Gasteiger partial charge in [0.1, 0.15) is 11.4 Å². The third-order valence-corrected chi connectivity index (χ3v) is 4.79. The van der Waals surface area contributed by atoms with Crippen LogP contribution in [0.2, 0.25) is 0 Å². The van der Waals surface area contributed by atoms with Crippen molar-refractivity contribution in [1.82, 2.24) is 4.90 Å². The first kappa shape index (κ1) is 20.7. The van der Waals surface area contributed by atoms with Gasteiger partial charge in [-0.25, -0.2) is 0 Å². The van der Waals surface area contributed by atoms with E-state index in [2.05, 4.69) is 17.1 Å². The topological polar surface area (TPSA) is 50.8 Å². The zero-order valence-electron chi connectivity index (χ0n) is 16.7. The predicted octanol–water partition coefficient (Wildman–Crippen LogP) is 3.94. The highest BCUT2D eigenvalue weighted by Gasteiger charge is 2.27. The quantitative estimate of drug-likeness (QED) is 0.676. The molecule has 1 aliphatic heterocycles. The standard InChI is InChI=1S/C21H34N2O3/c1-5-26-21(3,4)20(24)22-18-9-11-19(12-10-18)25-15-7-14-23-13-6-8-17(2)16-23/h9-12,17H,5-8,13-16H2,1-4H3,(H,22,24)/t17-/m1/s1. The molecule has 5 nitrogen and oxygen atoms in total. The lowest BCUT2D eigenvalue weighted by Crippen LogP contribution is -2.39. The molecule has 1 aromatic carbocycles. The van der Waals surface area contributed by atoms with Gasteiger partial charge in [-0.2, -0.15) is 0 Å². The van der Waals surface area contributed by atoms with Crippen LogP contribution in [0.4, 0.5) is 5.69 Å². The summed E-state index contributed by atoms with van der Waals surface area (Å²) in [6, 6.07) is 7.52. The summed E-state index contributed by atoms with van der Waals surface area (Å²) in [6.45, 7) is 12.5. The highest BCUT2D eigenvalue weighted by Crippen LogP contribution is 2.19. The van der Waals surface area contributed by atoms with E-state index in [1.54, 1.807) is 13.8 Å². The van der Waals surface area contributed by atoms with Gasteiger partial charge in [-0.15, -0.1) is 0 Å². The number of rotatable bonds is 9. The van der Waals surface area contributed by atoms with Gasteiger partial charge in [0.15, 0.2) is 0 Å². The summed E-state index contributed by atoms with van der Waals surface area (Å²) in [6.07, 6.45) is 3.71. The van der Waals surface area contributed by atoms with Crippen molar-refractivity contribution in [2.45, 2.75) is 52.6 Å². The van der Waals surface area contributed by atoms with Crippen LogP contribution in [0.25, 0.3) is 0 Å². The van der Waals surface area contributed by atoms with E-state index in [0.717, 1.165) is 30.3 Å². The molecular weight excluding hydrogens is 328 g/mol. The van der Waals surface area contributed by atoms with Crippen molar-refractivity contribution in [3.8, 4) is 5.75 Å². The summed E-state index contributed by atoms with van der Waals surface area (Å²) in [5, 5.41) is 2.88. The molecule has 1 heterocycles. The second-order valence-corrected chi connectivity index (χ2v) is 7.67. The minimum absolute atomic E-state index is 0.149. The van der Waals surface area contributed by atoms with E-state index in [-0.39, 0.29) is 5.91 Å². The Balaban J connectivity index is 1.71. The highest BCUT2D eigenvalue weighted by molar-refractivity contribution is 5.96. The number of carbonyl (C=O) groups excluding carboxylic acids is 1. The van der Waals surface area contributed by atoms with Crippen molar-refractivity contribution in [3.05, 3.63) is 24.3 Å². The van der Waals surface area contributed by atoms with Crippen LogP contribution in [0.5, 0.6) is 5.75 Å². The summed E-state index contributed by atoms with van der Waals surface area (Å²) >= 11 is 0. The first-order valence-electron chi connectivity index (χ1n) is 9.81. The Morgan fingerprint density at radius 2 is 2.04 bits per heavy atom. The third-order valence-electron chi connectivity index (χ3n) is 4.79. The average Bonchev–Trinajstić information content (AvgIpc) is 2.60. The predicted molar refractivity (Wildman–Crippen MR) is 106 cm³/mol. The van der Waals surface area contributed by atoms with Gasteiger partial charge in [0.05, 0.1) is 6.61 Å². The van der Waals surface area contributed by atoms with Crippen molar-refractivity contribution in [3.63, 3.8) is 0 Å². The van der Waals surface area contributed by atoms with Gasteiger partial charge < -0.3 is 19.7 Å². The van der Waals surface area contributed by atoms with Crippen LogP contribution in [0.15, 0.2) is 24.3 Å². The van der Waals surface area contributed by atoms with E-state index >= 15 is 0 Å². The molecule has 1 atom stereocenters. The maximum atomic E-state index is 12.2. The lowest BCUT2D eigenvalue weighted by atomic mass is 10.0. The van der Waals surface area contributed by atoms with Crippen molar-refractivity contribution in [2.24, 2.45) is 5.92 Å². The minimum atomic E-state index is -0.837. The number of nitrogens with zero attached hydrogens (tertiary/aromatic N) is 1. The maximum absolute atomic E-state index is 12.2. The van der Waals surface area contributed by atoms with Crippen LogP contribution in [-0.4, -0.2) is 49.3 Å². The number of carbonyl (C=O) groups is 1. The molecule has 0 aromatic heterocycles. The number of piperidine rings is 1. The van der Waals surface area contributed by atoms with E-state index in [0.29, 0.717) is 13.2 Å². The van der Waals surface area contributed by atoms with Gasteiger partial charge in [-0.1, -0.05) is 6.92 Å². The smallest absolute Gasteiger partial charge is 0.256 e. The number of anilines is 1. The third kappa shape index (κ3) is 6.61. The molecule has 0 unspecified atom stereocenters. The van der Waals surface area contributed by atoms with Crippen LogP contribution in [0, 0.1) is 5.92 Å². The summed E-state index contributed by atoms with van der Waals surface area (Å²) in [4.78, 5) is 14.8. The molecule has 0 spiro atoms. The molecule has 5 heteroatoms. The highest BCUT2D eigenvalue weighted by atomic mass is 16.5. The van der Waals surface area contributed by atoms with Gasteiger partial charge in [0.25, 0.3) is 5.91 Å². The first-order valence-corrected chi connectivity index (χ1v) is 9.81. The van der Waals surface area contributed by atoms with Crippen LogP contribution >= 0.6 is 0 Å². The monoisotopic (exact) mass is 362 g/mol. The Hall–Kier alpha value is -1.59. The van der Waals surface area contributed by atoms with Crippen LogP contribution < -0.4 is 10.1 Å². The van der Waals surface area contributed by atoms with Crippen molar-refractivity contribution < 1.29 is 14.3 Å². The Kier molecular flexibility index (Phi) is 7.91. The summed E-state index contributed by atoms with van der Waals surface area (Å²) in [5.74, 6) is 1.50. The fourth-order valence-electron chi connectivity index (χ4n) is 3.31. The SMILES string of the molecule is CCOC(C)(C)C(=O)Nc1ccc(OCCCN2CCC[C@@H](C)C2)cc1. The zero-order valence-corrected chi connectivity index (χ0v) is 16.7. The molecule has 2 rings (SSSR count). The van der Waals surface area contributed by atoms with Gasteiger partial charge in [0, 0.05) is 25.4 Å². The molecule has 0 bridgehead atoms. The van der Waals surface area contributed by atoms with Crippen LogP contribution in [-0.2, 0) is 9.53 Å². The van der Waals surface area contributed by atoms with E-state index < -0.39 is 5.60 Å². The molecule has 1 amide bonds. The molecule has 1 fully saturated rings. The second kappa shape index (κ2) is 9.93. The fraction of sp³-hybridized carbons (Fsp3) is 0.667. The number of benzene rings is 1. The maximum Gasteiger partial charge on any atom is 0.256 e. The summed E-state index contributed by atoms with van der Waals surface area (Å²) in [7, 11) is 0. The van der Waals surface area contributed by atoms with E-state index in [1.165, 1.54) is 25.9 Å². The first-order chi connectivity index (χ1) is 12.4. The Labute approximate surface area is 158 Å². The van der Waals surface area contributed by atoms with E-state index in [9.17, 15) is 4.79 Å². The van der Waals surface area contributed by atoms with Crippen LogP contribution in [0.3, 0.4) is 0 Å². The fourth-order valence-corrected chi connectivity index (χ4v) is 3.31. The Bertz CT molecular complexity index is 557. The largest absolute Gasteiger partial charge is 0.494 e. The number of hydrogen-bond acceptors (Lipinski definition) is 4. The van der Waals surface area contributed by atoms with Crippen molar-refractivity contribution in [2.75, 3.05) is 38.2 Å². The van der Waals surface area contributed by atoms with Gasteiger partial charge in [-0.05, 0) is 76.8 Å². The number of hydrogen-bond donors (Lipinski definition) is 1. The molecule has 146 valence electrons. The Morgan fingerprint density at radius 3 is 2.69 bits per heavy atom. The van der Waals surface area contributed by atoms with Crippen molar-refractivity contribution in [1.29, 1.82) is 0 Å². The molecule has 0 radical (unpaired) electrons. The molecule has 1 N–H and O–H groups in total. The molecule has 1 saturated heterocycles. The minimum Gasteiger partial charge on any atom is -0.494 e. The zero-order chi connectivity index (χ0) is 19.0. The van der Waals surface area contributed by atoms with Gasteiger partial charge in [-0.3, -0.25) is 4.79 Å². The molecule has 1 aliphatic rings. The normalized spacial score (nSPS) is 18.5. The van der Waals surface area contributed by atoms with Crippen molar-refractivity contribution >= 4 is 11.6 Å². The lowest BCUT2D eigenvalue weighted by Gasteiger charge is -2.30. The summed E-state index contributed by atoms with van der Waals surface area (Å²) < 4.78 is 11.3. The van der Waals surface area contributed by atoms with Crippen LogP contribution in [0.1, 0.15) is 47.0 Å². The van der Waals surface area contributed by atoms with Gasteiger partial charge in [0.2, 0.25) is 0 Å². The van der Waals surface area contributed by atoms with E-state index in [1.807, 2.05) is 31.2 Å². The molecule has 26 heavy (non-hydrogen) atoms. The molecule has 1 aromatic rings. The number of ether oxygens (including phenoxy) is 2. The molecule has 0 saturated carbocycles. The second-order valence-electron chi connectivity index (χ2n) is 7.67. The summed E-state index contributed by atoms with van der Waals surface area (Å²) in [5.41, 5.74) is -0.0898. The molecular formula is C21H34N2O3. The Morgan fingerprint density at radius 1 is 1.31 bits per heavy atom. The average molecular weight is 363 g/mol. The number of nitrogens with one attached hydrogen (secondary N) is 1. The number of amides is 1. The molecule has 0 aliphatic carbocycles.